The summed E-state index contributed by atoms with van der Waals surface area (Å²) in [6.07, 6.45) is 15.4. The van der Waals surface area contributed by atoms with Gasteiger partial charge in [0.15, 0.2) is 17.5 Å². The Morgan fingerprint density at radius 2 is 2.15 bits per heavy atom. The lowest BCUT2D eigenvalue weighted by atomic mass is 10.00. The SMILES string of the molecule is CCCC(CC[C@H]1C=CC=CN1C(C)=O)Nc1nc(-c2c[nH]c3ncc(Cl)cc23)ncc1F. The minimum atomic E-state index is -0.512. The van der Waals surface area contributed by atoms with Crippen molar-refractivity contribution in [3.63, 3.8) is 0 Å². The Bertz CT molecular complexity index is 1210. The second-order valence-electron chi connectivity index (χ2n) is 8.07. The molecule has 0 bridgehead atoms. The molecule has 7 nitrogen and oxygen atoms in total. The monoisotopic (exact) mass is 468 g/mol. The molecule has 172 valence electrons. The van der Waals surface area contributed by atoms with Gasteiger partial charge in [-0.1, -0.05) is 37.1 Å². The number of fused-ring (bicyclic) bond motifs is 1. The molecule has 3 aromatic heterocycles. The first-order valence-electron chi connectivity index (χ1n) is 11.0. The van der Waals surface area contributed by atoms with Gasteiger partial charge >= 0.3 is 0 Å². The Labute approximate surface area is 196 Å². The normalized spacial score (nSPS) is 16.4. The van der Waals surface area contributed by atoms with Crippen molar-refractivity contribution in [1.82, 2.24) is 24.8 Å². The minimum Gasteiger partial charge on any atom is -0.365 e. The van der Waals surface area contributed by atoms with Crippen molar-refractivity contribution in [1.29, 1.82) is 0 Å². The molecule has 0 aromatic carbocycles. The van der Waals surface area contributed by atoms with E-state index in [0.29, 0.717) is 22.1 Å². The molecule has 2 N–H and O–H groups in total. The summed E-state index contributed by atoms with van der Waals surface area (Å²) in [5, 5.41) is 4.54. The van der Waals surface area contributed by atoms with Gasteiger partial charge in [-0.15, -0.1) is 0 Å². The smallest absolute Gasteiger partial charge is 0.223 e. The molecular weight excluding hydrogens is 443 g/mol. The van der Waals surface area contributed by atoms with Gasteiger partial charge in [0.05, 0.1) is 17.3 Å². The number of rotatable bonds is 8. The lowest BCUT2D eigenvalue weighted by Crippen LogP contribution is -2.35. The predicted molar refractivity (Wildman–Crippen MR) is 128 cm³/mol. The highest BCUT2D eigenvalue weighted by atomic mass is 35.5. The molecule has 4 heterocycles. The molecule has 1 aliphatic heterocycles. The van der Waals surface area contributed by atoms with Gasteiger partial charge in [0.1, 0.15) is 5.65 Å². The van der Waals surface area contributed by atoms with E-state index in [1.807, 2.05) is 18.2 Å². The zero-order chi connectivity index (χ0) is 23.4. The van der Waals surface area contributed by atoms with Crippen molar-refractivity contribution in [3.05, 3.63) is 59.9 Å². The topological polar surface area (TPSA) is 86.8 Å². The number of nitrogens with zero attached hydrogens (tertiary/aromatic N) is 4. The molecule has 3 aromatic rings. The van der Waals surface area contributed by atoms with Gasteiger partial charge in [0, 0.05) is 42.5 Å². The van der Waals surface area contributed by atoms with Crippen LogP contribution in [0.3, 0.4) is 0 Å². The van der Waals surface area contributed by atoms with E-state index in [1.54, 1.807) is 36.5 Å². The number of allylic oxidation sites excluding steroid dienone is 2. The molecule has 0 spiro atoms. The fourth-order valence-electron chi connectivity index (χ4n) is 4.08. The number of aromatic amines is 1. The summed E-state index contributed by atoms with van der Waals surface area (Å²) < 4.78 is 14.7. The molecule has 0 saturated carbocycles. The molecule has 1 unspecified atom stereocenters. The highest BCUT2D eigenvalue weighted by molar-refractivity contribution is 6.31. The van der Waals surface area contributed by atoms with Crippen LogP contribution in [0.15, 0.2) is 49.1 Å². The van der Waals surface area contributed by atoms with E-state index >= 15 is 0 Å². The lowest BCUT2D eigenvalue weighted by molar-refractivity contribution is -0.127. The molecule has 0 saturated heterocycles. The summed E-state index contributed by atoms with van der Waals surface area (Å²) in [4.78, 5) is 29.6. The number of halogens is 2. The second kappa shape index (κ2) is 10.1. The number of pyridine rings is 1. The maximum absolute atomic E-state index is 14.7. The largest absolute Gasteiger partial charge is 0.365 e. The summed E-state index contributed by atoms with van der Waals surface area (Å²) >= 11 is 6.10. The van der Waals surface area contributed by atoms with Gasteiger partial charge in [-0.3, -0.25) is 4.79 Å². The zero-order valence-electron chi connectivity index (χ0n) is 18.6. The molecule has 2 atom stereocenters. The van der Waals surface area contributed by atoms with Crippen LogP contribution in [0.2, 0.25) is 5.02 Å². The van der Waals surface area contributed by atoms with Crippen molar-refractivity contribution in [2.75, 3.05) is 5.32 Å². The fourth-order valence-corrected chi connectivity index (χ4v) is 4.23. The maximum Gasteiger partial charge on any atom is 0.223 e. The van der Waals surface area contributed by atoms with Gasteiger partial charge in [-0.2, -0.15) is 0 Å². The van der Waals surface area contributed by atoms with E-state index in [2.05, 4.69) is 32.2 Å². The number of nitrogens with one attached hydrogen (secondary N) is 2. The van der Waals surface area contributed by atoms with E-state index in [4.69, 9.17) is 11.6 Å². The fraction of sp³-hybridized carbons (Fsp3) is 0.333. The van der Waals surface area contributed by atoms with E-state index in [9.17, 15) is 9.18 Å². The van der Waals surface area contributed by atoms with Gasteiger partial charge in [-0.25, -0.2) is 19.3 Å². The van der Waals surface area contributed by atoms with Crippen LogP contribution in [0, 0.1) is 5.82 Å². The first-order valence-corrected chi connectivity index (χ1v) is 11.4. The summed E-state index contributed by atoms with van der Waals surface area (Å²) in [7, 11) is 0. The van der Waals surface area contributed by atoms with Crippen LogP contribution in [-0.2, 0) is 4.79 Å². The van der Waals surface area contributed by atoms with Crippen LogP contribution >= 0.6 is 11.6 Å². The summed E-state index contributed by atoms with van der Waals surface area (Å²) in [5.41, 5.74) is 1.36. The Morgan fingerprint density at radius 3 is 2.94 bits per heavy atom. The highest BCUT2D eigenvalue weighted by Crippen LogP contribution is 2.28. The summed E-state index contributed by atoms with van der Waals surface area (Å²) in [5.74, 6) is 0.0278. The molecule has 0 radical (unpaired) electrons. The van der Waals surface area contributed by atoms with E-state index < -0.39 is 5.82 Å². The van der Waals surface area contributed by atoms with Crippen molar-refractivity contribution >= 4 is 34.4 Å². The van der Waals surface area contributed by atoms with Gasteiger partial charge in [-0.05, 0) is 31.4 Å². The minimum absolute atomic E-state index is 0.000379. The Morgan fingerprint density at radius 1 is 1.30 bits per heavy atom. The lowest BCUT2D eigenvalue weighted by Gasteiger charge is -2.29. The number of aromatic nitrogens is 4. The van der Waals surface area contributed by atoms with Crippen molar-refractivity contribution in [3.8, 4) is 11.4 Å². The van der Waals surface area contributed by atoms with Crippen LogP contribution in [0.4, 0.5) is 10.2 Å². The first-order chi connectivity index (χ1) is 16.0. The van der Waals surface area contributed by atoms with Crippen LogP contribution in [0.25, 0.3) is 22.4 Å². The standard InChI is InChI=1S/C24H26ClFN6O/c1-3-6-17(8-9-18-7-4-5-10-32(18)15(2)33)30-24-21(26)14-29-23(31-24)20-13-28-22-19(20)11-16(25)12-27-22/h4-5,7,10-14,17-18H,3,6,8-9H2,1-2H3,(H,27,28)(H,29,30,31)/t17?,18-/m1/s1. The maximum atomic E-state index is 14.7. The first kappa shape index (κ1) is 22.9. The molecule has 1 aliphatic rings. The number of carbonyl (C=O) groups is 1. The van der Waals surface area contributed by atoms with Crippen LogP contribution in [0.5, 0.6) is 0 Å². The number of H-pyrrole nitrogens is 1. The third kappa shape index (κ3) is 5.22. The molecule has 0 aliphatic carbocycles. The zero-order valence-corrected chi connectivity index (χ0v) is 19.3. The van der Waals surface area contributed by atoms with E-state index in [-0.39, 0.29) is 23.8 Å². The Balaban J connectivity index is 1.53. The second-order valence-corrected chi connectivity index (χ2v) is 8.51. The molecule has 9 heteroatoms. The van der Waals surface area contributed by atoms with Crippen LogP contribution in [0.1, 0.15) is 39.5 Å². The summed E-state index contributed by atoms with van der Waals surface area (Å²) in [6, 6.07) is 1.77. The van der Waals surface area contributed by atoms with Gasteiger partial charge in [0.25, 0.3) is 0 Å². The number of amides is 1. The highest BCUT2D eigenvalue weighted by Gasteiger charge is 2.21. The number of hydrogen-bond acceptors (Lipinski definition) is 5. The number of hydrogen-bond donors (Lipinski definition) is 2. The van der Waals surface area contributed by atoms with Crippen molar-refractivity contribution in [2.45, 2.75) is 51.6 Å². The predicted octanol–water partition coefficient (Wildman–Crippen LogP) is 5.47. The average Bonchev–Trinajstić information content (AvgIpc) is 3.22. The van der Waals surface area contributed by atoms with Gasteiger partial charge < -0.3 is 15.2 Å². The van der Waals surface area contributed by atoms with E-state index in [1.165, 1.54) is 6.20 Å². The molecule has 33 heavy (non-hydrogen) atoms. The van der Waals surface area contributed by atoms with Crippen molar-refractivity contribution < 1.29 is 9.18 Å². The average molecular weight is 469 g/mol. The summed E-state index contributed by atoms with van der Waals surface area (Å²) in [6.45, 7) is 3.65. The molecule has 4 rings (SSSR count). The van der Waals surface area contributed by atoms with Crippen LogP contribution in [-0.4, -0.2) is 42.8 Å². The molecule has 1 amide bonds. The molecule has 0 fully saturated rings. The van der Waals surface area contributed by atoms with Crippen LogP contribution < -0.4 is 5.32 Å². The third-order valence-corrected chi connectivity index (χ3v) is 5.89. The quantitative estimate of drug-likeness (QED) is 0.457. The van der Waals surface area contributed by atoms with Gasteiger partial charge in [0.2, 0.25) is 5.91 Å². The Kier molecular flexibility index (Phi) is 7.03. The van der Waals surface area contributed by atoms with Crippen molar-refractivity contribution in [2.24, 2.45) is 0 Å². The van der Waals surface area contributed by atoms with E-state index in [0.717, 1.165) is 31.1 Å². The Hall–Kier alpha value is -3.26. The number of carbonyl (C=O) groups excluding carboxylic acids is 1. The number of anilines is 1. The third-order valence-electron chi connectivity index (χ3n) is 5.68. The molecular formula is C24H26ClFN6O.